The van der Waals surface area contributed by atoms with Crippen LogP contribution in [-0.4, -0.2) is 23.5 Å². The number of aliphatic hydroxyl groups is 1. The van der Waals surface area contributed by atoms with Crippen LogP contribution in [0.2, 0.25) is 0 Å². The Bertz CT molecular complexity index is 590. The fourth-order valence-electron chi connectivity index (χ4n) is 2.31. The van der Waals surface area contributed by atoms with E-state index in [0.717, 1.165) is 22.6 Å². The molecule has 3 nitrogen and oxygen atoms in total. The normalized spacial score (nSPS) is 20.3. The molecule has 1 aliphatic carbocycles. The first-order valence-corrected chi connectivity index (χ1v) is 8.28. The number of thioether (sulfide) groups is 1. The largest absolute Gasteiger partial charge is 0.439 e. The Labute approximate surface area is 130 Å². The van der Waals surface area contributed by atoms with E-state index >= 15 is 0 Å². The van der Waals surface area contributed by atoms with Crippen LogP contribution in [0.25, 0.3) is 0 Å². The zero-order valence-electron chi connectivity index (χ0n) is 12.5. The maximum absolute atomic E-state index is 9.30. The quantitative estimate of drug-likeness (QED) is 0.894. The molecule has 3 rings (SSSR count). The Hall–Kier alpha value is -1.39. The summed E-state index contributed by atoms with van der Waals surface area (Å²) < 4.78 is 5.95. The van der Waals surface area contributed by atoms with Crippen LogP contribution in [-0.2, 0) is 0 Å². The number of aliphatic hydroxyl groups excluding tert-OH is 1. The van der Waals surface area contributed by atoms with Gasteiger partial charge in [0, 0.05) is 17.9 Å². The fourth-order valence-corrected chi connectivity index (χ4v) is 3.42. The summed E-state index contributed by atoms with van der Waals surface area (Å²) in [6.07, 6.45) is 4.76. The Morgan fingerprint density at radius 3 is 2.86 bits per heavy atom. The first kappa shape index (κ1) is 14.5. The number of hydrogen-bond donors (Lipinski definition) is 1. The van der Waals surface area contributed by atoms with Crippen molar-refractivity contribution in [3.63, 3.8) is 0 Å². The molecule has 0 aromatic heterocycles. The monoisotopic (exact) mass is 303 g/mol. The van der Waals surface area contributed by atoms with Crippen molar-refractivity contribution in [1.29, 1.82) is 0 Å². The molecule has 1 aromatic rings. The third-order valence-electron chi connectivity index (χ3n) is 3.72. The number of para-hydroxylation sites is 2. The lowest BCUT2D eigenvalue weighted by atomic mass is 10.2. The predicted molar refractivity (Wildman–Crippen MR) is 88.6 cm³/mol. The first-order valence-electron chi connectivity index (χ1n) is 7.40. The highest BCUT2D eigenvalue weighted by atomic mass is 32.2. The number of rotatable bonds is 5. The Kier molecular flexibility index (Phi) is 4.27. The number of ether oxygens (including phenoxy) is 1. The second kappa shape index (κ2) is 6.16. The van der Waals surface area contributed by atoms with Crippen LogP contribution in [0.4, 0.5) is 5.69 Å². The van der Waals surface area contributed by atoms with Crippen molar-refractivity contribution in [2.24, 2.45) is 0 Å². The van der Waals surface area contributed by atoms with Gasteiger partial charge in [0.25, 0.3) is 0 Å². The summed E-state index contributed by atoms with van der Waals surface area (Å²) in [5, 5.41) is 10.1. The van der Waals surface area contributed by atoms with E-state index in [1.165, 1.54) is 23.3 Å². The molecule has 0 atom stereocenters. The summed E-state index contributed by atoms with van der Waals surface area (Å²) >= 11 is 1.97. The van der Waals surface area contributed by atoms with Gasteiger partial charge in [0.05, 0.1) is 12.3 Å². The van der Waals surface area contributed by atoms with Crippen LogP contribution in [0.5, 0.6) is 5.75 Å². The van der Waals surface area contributed by atoms with Gasteiger partial charge in [-0.05, 0) is 49.3 Å². The number of β-amino-alcohol motifs (C(OH)–C–C–N with tert-alkyl or cyclic N) is 1. The minimum Gasteiger partial charge on any atom is -0.439 e. The van der Waals surface area contributed by atoms with Gasteiger partial charge in [-0.25, -0.2) is 0 Å². The van der Waals surface area contributed by atoms with Crippen molar-refractivity contribution in [3.05, 3.63) is 46.7 Å². The van der Waals surface area contributed by atoms with Crippen molar-refractivity contribution >= 4 is 17.4 Å². The highest BCUT2D eigenvalue weighted by molar-refractivity contribution is 8.03. The molecule has 0 amide bonds. The van der Waals surface area contributed by atoms with E-state index in [1.807, 2.05) is 40.9 Å². The third kappa shape index (κ3) is 3.27. The number of fused-ring (bicyclic) bond motifs is 1. The third-order valence-corrected chi connectivity index (χ3v) is 5.20. The summed E-state index contributed by atoms with van der Waals surface area (Å²) in [5.74, 6) is 1.66. The van der Waals surface area contributed by atoms with Crippen LogP contribution in [0.1, 0.15) is 26.7 Å². The summed E-state index contributed by atoms with van der Waals surface area (Å²) in [6, 6.07) is 7.95. The van der Waals surface area contributed by atoms with E-state index in [0.29, 0.717) is 6.54 Å². The minimum absolute atomic E-state index is 0.105. The number of allylic oxidation sites excluding steroid dienone is 3. The van der Waals surface area contributed by atoms with Gasteiger partial charge in [-0.2, -0.15) is 0 Å². The SMILES string of the molecule is CC(/C=C1/Oc2ccccc2N1CCO)=C(\C)SC1CC1. The zero-order valence-corrected chi connectivity index (χ0v) is 13.3. The van der Waals surface area contributed by atoms with Crippen molar-refractivity contribution < 1.29 is 9.84 Å². The van der Waals surface area contributed by atoms with Gasteiger partial charge in [-0.1, -0.05) is 12.1 Å². The molecule has 1 heterocycles. The van der Waals surface area contributed by atoms with Gasteiger partial charge in [-0.3, -0.25) is 0 Å². The van der Waals surface area contributed by atoms with E-state index in [9.17, 15) is 5.11 Å². The Morgan fingerprint density at radius 1 is 1.38 bits per heavy atom. The Balaban J connectivity index is 1.85. The topological polar surface area (TPSA) is 32.7 Å². The molecule has 4 heteroatoms. The second-order valence-electron chi connectivity index (χ2n) is 5.48. The first-order chi connectivity index (χ1) is 10.2. The van der Waals surface area contributed by atoms with Crippen LogP contribution >= 0.6 is 11.8 Å². The summed E-state index contributed by atoms with van der Waals surface area (Å²) in [7, 11) is 0. The van der Waals surface area contributed by atoms with Gasteiger partial charge < -0.3 is 14.7 Å². The van der Waals surface area contributed by atoms with Gasteiger partial charge in [0.15, 0.2) is 5.75 Å². The van der Waals surface area contributed by atoms with Crippen molar-refractivity contribution in [3.8, 4) is 5.75 Å². The van der Waals surface area contributed by atoms with Crippen molar-refractivity contribution in [1.82, 2.24) is 0 Å². The lowest BCUT2D eigenvalue weighted by molar-refractivity contribution is 0.300. The van der Waals surface area contributed by atoms with Crippen LogP contribution in [0, 0.1) is 0 Å². The smallest absolute Gasteiger partial charge is 0.201 e. The van der Waals surface area contributed by atoms with E-state index in [1.54, 1.807) is 0 Å². The van der Waals surface area contributed by atoms with Crippen LogP contribution in [0.3, 0.4) is 0 Å². The molecule has 0 bridgehead atoms. The van der Waals surface area contributed by atoms with E-state index in [2.05, 4.69) is 19.9 Å². The number of nitrogens with zero attached hydrogens (tertiary/aromatic N) is 1. The molecule has 2 aliphatic rings. The molecule has 1 N–H and O–H groups in total. The van der Waals surface area contributed by atoms with Gasteiger partial charge in [-0.15, -0.1) is 11.8 Å². The molecule has 1 aliphatic heterocycles. The maximum Gasteiger partial charge on any atom is 0.201 e. The molecule has 0 radical (unpaired) electrons. The molecule has 1 fully saturated rings. The highest BCUT2D eigenvalue weighted by Crippen LogP contribution is 2.41. The van der Waals surface area contributed by atoms with E-state index in [4.69, 9.17) is 4.74 Å². The molecule has 112 valence electrons. The van der Waals surface area contributed by atoms with E-state index in [-0.39, 0.29) is 6.61 Å². The predicted octanol–water partition coefficient (Wildman–Crippen LogP) is 3.91. The molecule has 1 aromatic carbocycles. The van der Waals surface area contributed by atoms with Crippen LogP contribution < -0.4 is 9.64 Å². The minimum atomic E-state index is 0.105. The number of hydrogen-bond acceptors (Lipinski definition) is 4. The summed E-state index contributed by atoms with van der Waals surface area (Å²) in [4.78, 5) is 3.39. The lowest BCUT2D eigenvalue weighted by Gasteiger charge is -2.17. The molecular weight excluding hydrogens is 282 g/mol. The molecule has 0 unspecified atom stereocenters. The maximum atomic E-state index is 9.30. The highest BCUT2D eigenvalue weighted by Gasteiger charge is 2.26. The van der Waals surface area contributed by atoms with E-state index < -0.39 is 0 Å². The molecule has 1 saturated carbocycles. The second-order valence-corrected chi connectivity index (χ2v) is 7.00. The molecular formula is C17H21NO2S. The average Bonchev–Trinajstić information content (AvgIpc) is 3.22. The summed E-state index contributed by atoms with van der Waals surface area (Å²) in [5.41, 5.74) is 2.26. The lowest BCUT2D eigenvalue weighted by Crippen LogP contribution is -2.23. The Morgan fingerprint density at radius 2 is 2.14 bits per heavy atom. The van der Waals surface area contributed by atoms with Gasteiger partial charge >= 0.3 is 0 Å². The number of benzene rings is 1. The summed E-state index contributed by atoms with van der Waals surface area (Å²) in [6.45, 7) is 4.95. The molecule has 0 saturated heterocycles. The fraction of sp³-hybridized carbons (Fsp3) is 0.412. The standard InChI is InChI=1S/C17H21NO2S/c1-12(13(2)21-14-7-8-14)11-17-18(9-10-19)15-5-3-4-6-16(15)20-17/h3-6,11,14,19H,7-10H2,1-2H3/b13-12-,17-11+. The molecule has 21 heavy (non-hydrogen) atoms. The number of anilines is 1. The van der Waals surface area contributed by atoms with Crippen molar-refractivity contribution in [2.75, 3.05) is 18.1 Å². The van der Waals surface area contributed by atoms with Crippen LogP contribution in [0.15, 0.2) is 46.7 Å². The van der Waals surface area contributed by atoms with Gasteiger partial charge in [0.1, 0.15) is 0 Å². The van der Waals surface area contributed by atoms with Crippen molar-refractivity contribution in [2.45, 2.75) is 31.9 Å². The average molecular weight is 303 g/mol. The molecule has 0 spiro atoms. The zero-order chi connectivity index (χ0) is 14.8. The van der Waals surface area contributed by atoms with Gasteiger partial charge in [0.2, 0.25) is 5.88 Å².